The maximum absolute atomic E-state index is 5.98. The Bertz CT molecular complexity index is 722. The predicted octanol–water partition coefficient (Wildman–Crippen LogP) is 3.90. The number of thiophene rings is 1. The first-order chi connectivity index (χ1) is 8.66. The van der Waals surface area contributed by atoms with Crippen molar-refractivity contribution in [3.63, 3.8) is 0 Å². The average Bonchev–Trinajstić information content (AvgIpc) is 2.66. The van der Waals surface area contributed by atoms with Gasteiger partial charge in [0, 0.05) is 10.4 Å². The fraction of sp³-hybridized carbons (Fsp3) is 0.0769. The van der Waals surface area contributed by atoms with Crippen LogP contribution in [0.4, 0.5) is 5.82 Å². The van der Waals surface area contributed by atoms with Crippen molar-refractivity contribution in [2.24, 2.45) is 0 Å². The van der Waals surface area contributed by atoms with E-state index < -0.39 is 0 Å². The van der Waals surface area contributed by atoms with Crippen molar-refractivity contribution in [2.45, 2.75) is 6.92 Å². The van der Waals surface area contributed by atoms with Crippen LogP contribution in [0.2, 0.25) is 5.28 Å². The van der Waals surface area contributed by atoms with E-state index in [1.807, 2.05) is 18.2 Å². The van der Waals surface area contributed by atoms with Crippen LogP contribution < -0.4 is 5.73 Å². The molecule has 0 atom stereocenters. The molecule has 0 radical (unpaired) electrons. The minimum atomic E-state index is 0.195. The normalized spacial score (nSPS) is 11.0. The van der Waals surface area contributed by atoms with Crippen LogP contribution in [0.15, 0.2) is 30.3 Å². The molecule has 0 aliphatic carbocycles. The zero-order valence-electron chi connectivity index (χ0n) is 9.64. The third kappa shape index (κ3) is 1.74. The fourth-order valence-electron chi connectivity index (χ4n) is 2.06. The Kier molecular flexibility index (Phi) is 2.69. The summed E-state index contributed by atoms with van der Waals surface area (Å²) in [5.41, 5.74) is 8.21. The van der Waals surface area contributed by atoms with Crippen molar-refractivity contribution in [1.29, 1.82) is 0 Å². The minimum absolute atomic E-state index is 0.195. The molecule has 1 aromatic carbocycles. The smallest absolute Gasteiger partial charge is 0.225 e. The summed E-state index contributed by atoms with van der Waals surface area (Å²) in [6, 6.07) is 10.1. The van der Waals surface area contributed by atoms with Crippen LogP contribution in [0.25, 0.3) is 21.3 Å². The second-order valence-corrected chi connectivity index (χ2v) is 5.50. The van der Waals surface area contributed by atoms with Crippen molar-refractivity contribution in [1.82, 2.24) is 9.97 Å². The van der Waals surface area contributed by atoms with Gasteiger partial charge in [-0.05, 0) is 24.1 Å². The molecule has 2 N–H and O–H groups in total. The van der Waals surface area contributed by atoms with Crippen molar-refractivity contribution >= 4 is 39.0 Å². The molecule has 5 heteroatoms. The SMILES string of the molecule is Cc1sc2nc(Cl)nc(N)c2c1-c1ccccc1. The summed E-state index contributed by atoms with van der Waals surface area (Å²) < 4.78 is 0. The van der Waals surface area contributed by atoms with Gasteiger partial charge in [-0.1, -0.05) is 30.3 Å². The van der Waals surface area contributed by atoms with E-state index in [-0.39, 0.29) is 5.28 Å². The van der Waals surface area contributed by atoms with Gasteiger partial charge < -0.3 is 5.73 Å². The molecule has 0 aliphatic rings. The highest BCUT2D eigenvalue weighted by molar-refractivity contribution is 7.19. The van der Waals surface area contributed by atoms with Gasteiger partial charge in [0.05, 0.1) is 5.39 Å². The Morgan fingerprint density at radius 2 is 1.89 bits per heavy atom. The van der Waals surface area contributed by atoms with E-state index in [0.29, 0.717) is 5.82 Å². The maximum atomic E-state index is 5.98. The molecule has 3 nitrogen and oxygen atoms in total. The van der Waals surface area contributed by atoms with Gasteiger partial charge in [-0.2, -0.15) is 0 Å². The van der Waals surface area contributed by atoms with Crippen molar-refractivity contribution in [2.75, 3.05) is 5.73 Å². The van der Waals surface area contributed by atoms with Crippen molar-refractivity contribution in [3.8, 4) is 11.1 Å². The van der Waals surface area contributed by atoms with E-state index in [1.54, 1.807) is 11.3 Å². The number of anilines is 1. The van der Waals surface area contributed by atoms with Crippen LogP contribution in [-0.2, 0) is 0 Å². The largest absolute Gasteiger partial charge is 0.383 e. The van der Waals surface area contributed by atoms with Crippen LogP contribution in [0.5, 0.6) is 0 Å². The highest BCUT2D eigenvalue weighted by atomic mass is 35.5. The van der Waals surface area contributed by atoms with Gasteiger partial charge in [-0.3, -0.25) is 0 Å². The fourth-order valence-corrected chi connectivity index (χ4v) is 3.34. The summed E-state index contributed by atoms with van der Waals surface area (Å²) in [6.45, 7) is 2.06. The summed E-state index contributed by atoms with van der Waals surface area (Å²) in [5.74, 6) is 0.438. The highest BCUT2D eigenvalue weighted by Crippen LogP contribution is 2.39. The molecule has 0 saturated heterocycles. The van der Waals surface area contributed by atoms with Gasteiger partial charge in [-0.15, -0.1) is 11.3 Å². The van der Waals surface area contributed by atoms with E-state index in [2.05, 4.69) is 29.0 Å². The molecule has 0 amide bonds. The first-order valence-electron chi connectivity index (χ1n) is 5.44. The number of nitrogens with zero attached hydrogens (tertiary/aromatic N) is 2. The molecule has 0 aliphatic heterocycles. The lowest BCUT2D eigenvalue weighted by molar-refractivity contribution is 1.24. The number of benzene rings is 1. The number of nitrogens with two attached hydrogens (primary N) is 1. The maximum Gasteiger partial charge on any atom is 0.225 e. The minimum Gasteiger partial charge on any atom is -0.383 e. The first-order valence-corrected chi connectivity index (χ1v) is 6.64. The monoisotopic (exact) mass is 275 g/mol. The summed E-state index contributed by atoms with van der Waals surface area (Å²) in [6.07, 6.45) is 0. The zero-order chi connectivity index (χ0) is 12.7. The number of fused-ring (bicyclic) bond motifs is 1. The van der Waals surface area contributed by atoms with Gasteiger partial charge in [0.2, 0.25) is 5.28 Å². The Hall–Kier alpha value is -1.65. The van der Waals surface area contributed by atoms with Crippen LogP contribution in [0, 0.1) is 6.92 Å². The second kappa shape index (κ2) is 4.23. The molecular weight excluding hydrogens is 266 g/mol. The van der Waals surface area contributed by atoms with E-state index in [1.165, 1.54) is 4.88 Å². The molecule has 2 aromatic heterocycles. The van der Waals surface area contributed by atoms with Gasteiger partial charge >= 0.3 is 0 Å². The summed E-state index contributed by atoms with van der Waals surface area (Å²) in [4.78, 5) is 10.3. The van der Waals surface area contributed by atoms with Crippen molar-refractivity contribution in [3.05, 3.63) is 40.5 Å². The Labute approximate surface area is 113 Å². The third-order valence-electron chi connectivity index (χ3n) is 2.79. The van der Waals surface area contributed by atoms with E-state index in [0.717, 1.165) is 21.3 Å². The molecule has 0 bridgehead atoms. The topological polar surface area (TPSA) is 51.8 Å². The molecule has 3 rings (SSSR count). The Morgan fingerprint density at radius 3 is 2.61 bits per heavy atom. The van der Waals surface area contributed by atoms with E-state index in [4.69, 9.17) is 17.3 Å². The van der Waals surface area contributed by atoms with Crippen molar-refractivity contribution < 1.29 is 0 Å². The molecule has 2 heterocycles. The molecule has 3 aromatic rings. The van der Waals surface area contributed by atoms with Gasteiger partial charge in [0.25, 0.3) is 0 Å². The molecule has 0 spiro atoms. The first kappa shape index (κ1) is 11.4. The number of hydrogen-bond donors (Lipinski definition) is 1. The van der Waals surface area contributed by atoms with E-state index >= 15 is 0 Å². The lowest BCUT2D eigenvalue weighted by Gasteiger charge is -2.03. The third-order valence-corrected chi connectivity index (χ3v) is 3.96. The Balaban J connectivity index is 2.40. The predicted molar refractivity (Wildman–Crippen MR) is 77.0 cm³/mol. The summed E-state index contributed by atoms with van der Waals surface area (Å²) >= 11 is 7.42. The quantitative estimate of drug-likeness (QED) is 0.685. The zero-order valence-corrected chi connectivity index (χ0v) is 11.2. The summed E-state index contributed by atoms with van der Waals surface area (Å²) in [5, 5.41) is 1.09. The molecular formula is C13H10ClN3S. The Morgan fingerprint density at radius 1 is 1.17 bits per heavy atom. The van der Waals surface area contributed by atoms with Gasteiger partial charge in [-0.25, -0.2) is 9.97 Å². The van der Waals surface area contributed by atoms with Gasteiger partial charge in [0.1, 0.15) is 10.6 Å². The molecule has 18 heavy (non-hydrogen) atoms. The van der Waals surface area contributed by atoms with Crippen LogP contribution in [0.1, 0.15) is 4.88 Å². The van der Waals surface area contributed by atoms with Crippen LogP contribution in [-0.4, -0.2) is 9.97 Å². The highest BCUT2D eigenvalue weighted by Gasteiger charge is 2.16. The lowest BCUT2D eigenvalue weighted by Crippen LogP contribution is -1.94. The number of rotatable bonds is 1. The van der Waals surface area contributed by atoms with Crippen LogP contribution >= 0.6 is 22.9 Å². The molecule has 0 saturated carbocycles. The average molecular weight is 276 g/mol. The second-order valence-electron chi connectivity index (χ2n) is 3.96. The number of hydrogen-bond acceptors (Lipinski definition) is 4. The standard InChI is InChI=1S/C13H10ClN3S/c1-7-9(8-5-3-2-4-6-8)10-11(15)16-13(14)17-12(10)18-7/h2-6H,1H3,(H2,15,16,17). The summed E-state index contributed by atoms with van der Waals surface area (Å²) in [7, 11) is 0. The number of halogens is 1. The molecule has 0 fully saturated rings. The van der Waals surface area contributed by atoms with Gasteiger partial charge in [0.15, 0.2) is 0 Å². The number of aromatic nitrogens is 2. The number of nitrogen functional groups attached to an aromatic ring is 1. The number of aryl methyl sites for hydroxylation is 1. The van der Waals surface area contributed by atoms with E-state index in [9.17, 15) is 0 Å². The molecule has 0 unspecified atom stereocenters. The molecule has 90 valence electrons. The lowest BCUT2D eigenvalue weighted by atomic mass is 10.0. The van der Waals surface area contributed by atoms with Crippen LogP contribution in [0.3, 0.4) is 0 Å².